The van der Waals surface area contributed by atoms with Crippen molar-refractivity contribution in [2.45, 2.75) is 6.92 Å². The normalized spacial score (nSPS) is 10.7. The second-order valence-corrected chi connectivity index (χ2v) is 4.63. The van der Waals surface area contributed by atoms with Crippen LogP contribution in [-0.4, -0.2) is 27.9 Å². The highest BCUT2D eigenvalue weighted by molar-refractivity contribution is 6.06. The molecule has 3 rings (SSSR count). The monoisotopic (exact) mass is 266 g/mol. The predicted molar refractivity (Wildman–Crippen MR) is 77.8 cm³/mol. The van der Waals surface area contributed by atoms with Crippen molar-refractivity contribution in [1.82, 2.24) is 15.0 Å². The average Bonchev–Trinajstić information content (AvgIpc) is 2.85. The highest BCUT2D eigenvalue weighted by Gasteiger charge is 2.14. The Morgan fingerprint density at radius 3 is 2.90 bits per heavy atom. The van der Waals surface area contributed by atoms with Crippen LogP contribution in [0, 0.1) is 6.92 Å². The van der Waals surface area contributed by atoms with E-state index in [1.807, 2.05) is 25.1 Å². The van der Waals surface area contributed by atoms with Gasteiger partial charge in [0, 0.05) is 25.1 Å². The summed E-state index contributed by atoms with van der Waals surface area (Å²) >= 11 is 0. The number of imidazole rings is 1. The van der Waals surface area contributed by atoms with Crippen LogP contribution in [0.15, 0.2) is 42.7 Å². The summed E-state index contributed by atoms with van der Waals surface area (Å²) in [5.74, 6) is 0.770. The minimum Gasteiger partial charge on any atom is -0.342 e. The lowest BCUT2D eigenvalue weighted by Crippen LogP contribution is -2.26. The zero-order chi connectivity index (χ0) is 14.1. The molecule has 2 heterocycles. The number of pyridine rings is 1. The fourth-order valence-electron chi connectivity index (χ4n) is 2.13. The predicted octanol–water partition coefficient (Wildman–Crippen LogP) is 2.54. The lowest BCUT2D eigenvalue weighted by Gasteiger charge is -2.17. The Morgan fingerprint density at radius 2 is 2.15 bits per heavy atom. The van der Waals surface area contributed by atoms with Gasteiger partial charge in [-0.25, -0.2) is 4.98 Å². The summed E-state index contributed by atoms with van der Waals surface area (Å²) < 4.78 is 0. The average molecular weight is 266 g/mol. The molecule has 0 aliphatic rings. The smallest absolute Gasteiger partial charge is 0.259 e. The van der Waals surface area contributed by atoms with E-state index in [-0.39, 0.29) is 5.91 Å². The molecule has 0 atom stereocenters. The minimum absolute atomic E-state index is 0.0892. The Labute approximate surface area is 116 Å². The molecule has 0 fully saturated rings. The number of aromatic nitrogens is 3. The molecule has 0 saturated heterocycles. The van der Waals surface area contributed by atoms with Gasteiger partial charge < -0.3 is 9.88 Å². The number of fused-ring (bicyclic) bond motifs is 1. The van der Waals surface area contributed by atoms with Crippen molar-refractivity contribution in [3.63, 3.8) is 0 Å². The SMILES string of the molecule is Cc1nc2ccc(N(C)C(=O)c3cccnc3)cc2[nH]1. The third-order valence-corrected chi connectivity index (χ3v) is 3.18. The number of nitrogens with one attached hydrogen (secondary N) is 1. The lowest BCUT2D eigenvalue weighted by atomic mass is 10.2. The van der Waals surface area contributed by atoms with Gasteiger partial charge >= 0.3 is 0 Å². The van der Waals surface area contributed by atoms with E-state index >= 15 is 0 Å². The molecule has 20 heavy (non-hydrogen) atoms. The van der Waals surface area contributed by atoms with Crippen LogP contribution >= 0.6 is 0 Å². The summed E-state index contributed by atoms with van der Waals surface area (Å²) in [7, 11) is 1.75. The Hall–Kier alpha value is -2.69. The Morgan fingerprint density at radius 1 is 1.30 bits per heavy atom. The number of hydrogen-bond donors (Lipinski definition) is 1. The van der Waals surface area contributed by atoms with Crippen LogP contribution in [-0.2, 0) is 0 Å². The molecule has 5 nitrogen and oxygen atoms in total. The van der Waals surface area contributed by atoms with Gasteiger partial charge in [0.25, 0.3) is 5.91 Å². The van der Waals surface area contributed by atoms with Crippen molar-refractivity contribution in [2.75, 3.05) is 11.9 Å². The van der Waals surface area contributed by atoms with Crippen molar-refractivity contribution in [1.29, 1.82) is 0 Å². The number of anilines is 1. The minimum atomic E-state index is -0.0892. The first-order valence-electron chi connectivity index (χ1n) is 6.29. The fourth-order valence-corrected chi connectivity index (χ4v) is 2.13. The summed E-state index contributed by atoms with van der Waals surface area (Å²) in [6.45, 7) is 1.91. The van der Waals surface area contributed by atoms with Crippen molar-refractivity contribution >= 4 is 22.6 Å². The molecule has 0 aliphatic heterocycles. The van der Waals surface area contributed by atoms with E-state index < -0.39 is 0 Å². The van der Waals surface area contributed by atoms with Crippen molar-refractivity contribution in [3.05, 3.63) is 54.1 Å². The van der Waals surface area contributed by atoms with Gasteiger partial charge in [-0.05, 0) is 37.3 Å². The molecule has 0 unspecified atom stereocenters. The third kappa shape index (κ3) is 2.14. The van der Waals surface area contributed by atoms with Gasteiger partial charge in [-0.3, -0.25) is 9.78 Å². The number of carbonyl (C=O) groups excluding carboxylic acids is 1. The number of nitrogens with zero attached hydrogens (tertiary/aromatic N) is 3. The second-order valence-electron chi connectivity index (χ2n) is 4.63. The second kappa shape index (κ2) is 4.77. The van der Waals surface area contributed by atoms with Gasteiger partial charge in [0.1, 0.15) is 5.82 Å². The maximum Gasteiger partial charge on any atom is 0.259 e. The largest absolute Gasteiger partial charge is 0.342 e. The van der Waals surface area contributed by atoms with Crippen LogP contribution < -0.4 is 4.90 Å². The van der Waals surface area contributed by atoms with E-state index in [1.165, 1.54) is 0 Å². The number of aryl methyl sites for hydroxylation is 1. The summed E-state index contributed by atoms with van der Waals surface area (Å²) in [5.41, 5.74) is 3.20. The van der Waals surface area contributed by atoms with Gasteiger partial charge in [-0.15, -0.1) is 0 Å². The van der Waals surface area contributed by atoms with Gasteiger partial charge in [0.05, 0.1) is 16.6 Å². The molecule has 100 valence electrons. The van der Waals surface area contributed by atoms with E-state index in [2.05, 4.69) is 15.0 Å². The Balaban J connectivity index is 1.95. The topological polar surface area (TPSA) is 61.9 Å². The number of H-pyrrole nitrogens is 1. The molecular weight excluding hydrogens is 252 g/mol. The first-order valence-corrected chi connectivity index (χ1v) is 6.29. The van der Waals surface area contributed by atoms with Crippen LogP contribution in [0.3, 0.4) is 0 Å². The first kappa shape index (κ1) is 12.3. The summed E-state index contributed by atoms with van der Waals surface area (Å²) in [4.78, 5) is 25.4. The first-order chi connectivity index (χ1) is 9.65. The summed E-state index contributed by atoms with van der Waals surface area (Å²) in [6.07, 6.45) is 3.22. The maximum atomic E-state index is 12.3. The highest BCUT2D eigenvalue weighted by Crippen LogP contribution is 2.21. The van der Waals surface area contributed by atoms with Crippen molar-refractivity contribution in [2.24, 2.45) is 0 Å². The lowest BCUT2D eigenvalue weighted by molar-refractivity contribution is 0.0992. The number of benzene rings is 1. The quantitative estimate of drug-likeness (QED) is 0.775. The van der Waals surface area contributed by atoms with Crippen LogP contribution in [0.1, 0.15) is 16.2 Å². The van der Waals surface area contributed by atoms with Crippen molar-refractivity contribution < 1.29 is 4.79 Å². The summed E-state index contributed by atoms with van der Waals surface area (Å²) in [5, 5.41) is 0. The maximum absolute atomic E-state index is 12.3. The number of carbonyl (C=O) groups is 1. The molecule has 1 amide bonds. The van der Waals surface area contributed by atoms with Crippen LogP contribution in [0.4, 0.5) is 5.69 Å². The van der Waals surface area contributed by atoms with Gasteiger partial charge in [-0.1, -0.05) is 0 Å². The molecule has 1 aromatic carbocycles. The molecule has 0 spiro atoms. The zero-order valence-corrected chi connectivity index (χ0v) is 11.3. The molecule has 2 aromatic heterocycles. The number of amides is 1. The molecule has 0 saturated carbocycles. The fraction of sp³-hybridized carbons (Fsp3) is 0.133. The van der Waals surface area contributed by atoms with E-state index in [0.29, 0.717) is 5.56 Å². The molecule has 0 bridgehead atoms. The Bertz CT molecular complexity index is 764. The van der Waals surface area contributed by atoms with Crippen molar-refractivity contribution in [3.8, 4) is 0 Å². The van der Waals surface area contributed by atoms with E-state index in [1.54, 1.807) is 36.5 Å². The molecule has 3 aromatic rings. The van der Waals surface area contributed by atoms with Gasteiger partial charge in [-0.2, -0.15) is 0 Å². The van der Waals surface area contributed by atoms with Gasteiger partial charge in [0.2, 0.25) is 0 Å². The van der Waals surface area contributed by atoms with Crippen LogP contribution in [0.5, 0.6) is 0 Å². The standard InChI is InChI=1S/C15H14N4O/c1-10-17-13-6-5-12(8-14(13)18-10)19(2)15(20)11-4-3-7-16-9-11/h3-9H,1-2H3,(H,17,18). The molecule has 0 aliphatic carbocycles. The van der Waals surface area contributed by atoms with Gasteiger partial charge in [0.15, 0.2) is 0 Å². The molecular formula is C15H14N4O. The molecule has 1 N–H and O–H groups in total. The van der Waals surface area contributed by atoms with E-state index in [9.17, 15) is 4.79 Å². The number of hydrogen-bond acceptors (Lipinski definition) is 3. The third-order valence-electron chi connectivity index (χ3n) is 3.18. The summed E-state index contributed by atoms with van der Waals surface area (Å²) in [6, 6.07) is 9.22. The zero-order valence-electron chi connectivity index (χ0n) is 11.3. The molecule has 0 radical (unpaired) electrons. The van der Waals surface area contributed by atoms with E-state index in [0.717, 1.165) is 22.5 Å². The number of aromatic amines is 1. The molecule has 5 heteroatoms. The number of rotatable bonds is 2. The van der Waals surface area contributed by atoms with Crippen LogP contribution in [0.25, 0.3) is 11.0 Å². The van der Waals surface area contributed by atoms with E-state index in [4.69, 9.17) is 0 Å². The Kier molecular flexibility index (Phi) is 2.95. The highest BCUT2D eigenvalue weighted by atomic mass is 16.2. The van der Waals surface area contributed by atoms with Crippen LogP contribution in [0.2, 0.25) is 0 Å².